The number of rotatable bonds is 6. The van der Waals surface area contributed by atoms with Gasteiger partial charge >= 0.3 is 0 Å². The molecular formula is C27H34FN7O. The Hall–Kier alpha value is -3.46. The van der Waals surface area contributed by atoms with E-state index in [1.165, 1.54) is 0 Å². The minimum Gasteiger partial charge on any atom is -0.363 e. The van der Waals surface area contributed by atoms with E-state index in [4.69, 9.17) is 0 Å². The van der Waals surface area contributed by atoms with Crippen molar-refractivity contribution in [1.29, 1.82) is 0 Å². The predicted molar refractivity (Wildman–Crippen MR) is 143 cm³/mol. The third-order valence-electron chi connectivity index (χ3n) is 7.00. The van der Waals surface area contributed by atoms with Crippen LogP contribution in [0.5, 0.6) is 0 Å². The Morgan fingerprint density at radius 2 is 1.56 bits per heavy atom. The zero-order chi connectivity index (χ0) is 26.3. The van der Waals surface area contributed by atoms with Crippen molar-refractivity contribution in [2.24, 2.45) is 5.18 Å². The second-order valence-corrected chi connectivity index (χ2v) is 11.0. The molecule has 9 heteroatoms. The first-order valence-corrected chi connectivity index (χ1v) is 12.1. The lowest BCUT2D eigenvalue weighted by Crippen LogP contribution is -2.60. The fourth-order valence-corrected chi connectivity index (χ4v) is 5.15. The minimum atomic E-state index is -0.581. The summed E-state index contributed by atoms with van der Waals surface area (Å²) in [5.74, 6) is 1.55. The maximum absolute atomic E-state index is 14.8. The lowest BCUT2D eigenvalue weighted by atomic mass is 9.78. The Morgan fingerprint density at radius 3 is 2.08 bits per heavy atom. The predicted octanol–water partition coefficient (Wildman–Crippen LogP) is 6.01. The number of piperidine rings is 1. The van der Waals surface area contributed by atoms with E-state index in [0.29, 0.717) is 35.6 Å². The van der Waals surface area contributed by atoms with Crippen LogP contribution in [0.15, 0.2) is 53.8 Å². The zero-order valence-electron chi connectivity index (χ0n) is 22.0. The topological polar surface area (TPSA) is 77.8 Å². The highest BCUT2D eigenvalue weighted by Gasteiger charge is 2.47. The number of hydrogen-bond donors (Lipinski definition) is 0. The van der Waals surface area contributed by atoms with Crippen molar-refractivity contribution in [3.05, 3.63) is 53.6 Å². The summed E-state index contributed by atoms with van der Waals surface area (Å²) in [5.41, 5.74) is 2.05. The molecule has 2 aromatic heterocycles. The smallest absolute Gasteiger partial charge is 0.151 e. The van der Waals surface area contributed by atoms with E-state index in [-0.39, 0.29) is 6.04 Å². The first kappa shape index (κ1) is 25.6. The second kappa shape index (κ2) is 9.54. The summed E-state index contributed by atoms with van der Waals surface area (Å²) in [4.78, 5) is 20.1. The van der Waals surface area contributed by atoms with Crippen molar-refractivity contribution < 1.29 is 4.48 Å². The van der Waals surface area contributed by atoms with Gasteiger partial charge in [0.2, 0.25) is 0 Å². The summed E-state index contributed by atoms with van der Waals surface area (Å²) >= 11 is 0. The fourth-order valence-electron chi connectivity index (χ4n) is 5.15. The summed E-state index contributed by atoms with van der Waals surface area (Å²) in [6.07, 6.45) is 3.11. The highest BCUT2D eigenvalue weighted by molar-refractivity contribution is 5.79. The van der Waals surface area contributed by atoms with Gasteiger partial charge in [-0.25, -0.2) is 4.98 Å². The standard InChI is InChI=1S/C27H34FN7O/c1-26(2)15-20(16-27(3,4)35(26)28)34(7)25-13-11-22(30-31-25)21-10-8-18(14-23(21)32-36)19-9-12-24(29-17-19)33(5)6/h8-14,17,20H,15-16H2,1-7H3. The lowest BCUT2D eigenvalue weighted by Gasteiger charge is -2.51. The van der Waals surface area contributed by atoms with Crippen molar-refractivity contribution in [3.8, 4) is 22.4 Å². The van der Waals surface area contributed by atoms with E-state index in [0.717, 1.165) is 22.1 Å². The molecule has 0 bridgehead atoms. The molecule has 0 atom stereocenters. The molecule has 0 saturated carbocycles. The molecule has 0 unspecified atom stereocenters. The molecule has 3 aromatic rings. The fraction of sp³-hybridized carbons (Fsp3) is 0.444. The number of anilines is 2. The number of hydrogen-bond acceptors (Lipinski definition) is 8. The lowest BCUT2D eigenvalue weighted by molar-refractivity contribution is -0.172. The monoisotopic (exact) mass is 491 g/mol. The van der Waals surface area contributed by atoms with Gasteiger partial charge in [0.1, 0.15) is 11.5 Å². The van der Waals surface area contributed by atoms with Crippen LogP contribution < -0.4 is 9.80 Å². The summed E-state index contributed by atoms with van der Waals surface area (Å²) in [6.45, 7) is 7.70. The van der Waals surface area contributed by atoms with E-state index < -0.39 is 11.1 Å². The molecule has 1 saturated heterocycles. The number of nitrogens with zero attached hydrogens (tertiary/aromatic N) is 7. The molecule has 8 nitrogen and oxygen atoms in total. The third kappa shape index (κ3) is 4.93. The van der Waals surface area contributed by atoms with Crippen molar-refractivity contribution in [1.82, 2.24) is 20.3 Å². The normalized spacial score (nSPS) is 17.6. The van der Waals surface area contributed by atoms with Crippen LogP contribution in [0.3, 0.4) is 0 Å². The van der Waals surface area contributed by atoms with Gasteiger partial charge in [-0.15, -0.1) is 24.7 Å². The first-order chi connectivity index (χ1) is 16.9. The van der Waals surface area contributed by atoms with E-state index >= 15 is 0 Å². The molecule has 0 spiro atoms. The molecule has 0 N–H and O–H groups in total. The van der Waals surface area contributed by atoms with Crippen LogP contribution in [-0.4, -0.2) is 58.6 Å². The van der Waals surface area contributed by atoms with Crippen LogP contribution >= 0.6 is 0 Å². The SMILES string of the molecule is CN(C)c1ccc(-c2ccc(-c3ccc(N(C)C4CC(C)(C)N(F)C(C)(C)C4)nn3)c(N=O)c2)cn1. The molecule has 1 aliphatic heterocycles. The van der Waals surface area contributed by atoms with Gasteiger partial charge in [-0.2, -0.15) is 0 Å². The van der Waals surface area contributed by atoms with Crippen molar-refractivity contribution in [2.45, 2.75) is 57.7 Å². The summed E-state index contributed by atoms with van der Waals surface area (Å²) in [7, 11) is 5.84. The molecule has 36 heavy (non-hydrogen) atoms. The number of aromatic nitrogens is 3. The number of nitroso groups, excluding NO2 is 1. The summed E-state index contributed by atoms with van der Waals surface area (Å²) in [6, 6.07) is 13.2. The third-order valence-corrected chi connectivity index (χ3v) is 7.00. The number of halogens is 1. The minimum absolute atomic E-state index is 0.112. The van der Waals surface area contributed by atoms with Crippen LogP contribution in [0.2, 0.25) is 0 Å². The highest BCUT2D eigenvalue weighted by Crippen LogP contribution is 2.41. The average molecular weight is 492 g/mol. The van der Waals surface area contributed by atoms with Crippen LogP contribution in [0.25, 0.3) is 22.4 Å². The van der Waals surface area contributed by atoms with Crippen molar-refractivity contribution >= 4 is 17.3 Å². The Labute approximate surface area is 212 Å². The van der Waals surface area contributed by atoms with E-state index in [1.54, 1.807) is 12.3 Å². The Morgan fingerprint density at radius 1 is 0.917 bits per heavy atom. The zero-order valence-corrected chi connectivity index (χ0v) is 22.0. The van der Waals surface area contributed by atoms with Gasteiger partial charge in [0.05, 0.1) is 5.69 Å². The van der Waals surface area contributed by atoms with Gasteiger partial charge in [-0.3, -0.25) is 0 Å². The van der Waals surface area contributed by atoms with Gasteiger partial charge in [-0.05, 0) is 87.7 Å². The van der Waals surface area contributed by atoms with Crippen molar-refractivity contribution in [2.75, 3.05) is 30.9 Å². The van der Waals surface area contributed by atoms with Crippen molar-refractivity contribution in [3.63, 3.8) is 0 Å². The van der Waals surface area contributed by atoms with Crippen LogP contribution in [0, 0.1) is 4.91 Å². The molecule has 1 aliphatic rings. The summed E-state index contributed by atoms with van der Waals surface area (Å²) in [5, 5.41) is 13.1. The Kier molecular flexibility index (Phi) is 6.79. The van der Waals surface area contributed by atoms with Crippen LogP contribution in [0.4, 0.5) is 21.8 Å². The highest BCUT2D eigenvalue weighted by atomic mass is 19.2. The Balaban J connectivity index is 1.56. The Bertz CT molecular complexity index is 1210. The molecule has 1 aromatic carbocycles. The molecule has 1 fully saturated rings. The maximum Gasteiger partial charge on any atom is 0.151 e. The van der Waals surface area contributed by atoms with Gasteiger partial charge in [0.15, 0.2) is 5.82 Å². The summed E-state index contributed by atoms with van der Waals surface area (Å²) < 4.78 is 14.8. The molecule has 3 heterocycles. The molecule has 0 aliphatic carbocycles. The van der Waals surface area contributed by atoms with Gasteiger partial charge < -0.3 is 9.80 Å². The molecule has 0 amide bonds. The molecule has 4 rings (SSSR count). The molecular weight excluding hydrogens is 457 g/mol. The number of pyridine rings is 1. The molecule has 190 valence electrons. The number of benzene rings is 1. The van der Waals surface area contributed by atoms with Gasteiger partial charge in [0.25, 0.3) is 0 Å². The first-order valence-electron chi connectivity index (χ1n) is 12.1. The largest absolute Gasteiger partial charge is 0.363 e. The van der Waals surface area contributed by atoms with Gasteiger partial charge in [-0.1, -0.05) is 6.07 Å². The quantitative estimate of drug-likeness (QED) is 0.309. The maximum atomic E-state index is 14.8. The van der Waals surface area contributed by atoms with E-state index in [9.17, 15) is 9.39 Å². The second-order valence-electron chi connectivity index (χ2n) is 11.0. The van der Waals surface area contributed by atoms with E-state index in [2.05, 4.69) is 25.3 Å². The van der Waals surface area contributed by atoms with Gasteiger partial charge in [0, 0.05) is 55.6 Å². The molecule has 0 radical (unpaired) electrons. The average Bonchev–Trinajstić information content (AvgIpc) is 2.86. The van der Waals surface area contributed by atoms with Crippen LogP contribution in [0.1, 0.15) is 40.5 Å². The van der Waals surface area contributed by atoms with Crippen LogP contribution in [-0.2, 0) is 0 Å². The van der Waals surface area contributed by atoms with E-state index in [1.807, 2.05) is 90.1 Å².